The SMILES string of the molecule is Nc1c(Br)cc(C(O)C(=O)N2CCCC2)cc1Br. The van der Waals surface area contributed by atoms with Gasteiger partial charge < -0.3 is 15.7 Å². The van der Waals surface area contributed by atoms with Gasteiger partial charge in [0.15, 0.2) is 6.10 Å². The summed E-state index contributed by atoms with van der Waals surface area (Å²) in [5.41, 5.74) is 6.88. The Morgan fingerprint density at radius 3 is 2.28 bits per heavy atom. The van der Waals surface area contributed by atoms with E-state index in [1.165, 1.54) is 0 Å². The molecule has 1 atom stereocenters. The Morgan fingerprint density at radius 2 is 1.78 bits per heavy atom. The van der Waals surface area contributed by atoms with Crippen LogP contribution in [0.3, 0.4) is 0 Å². The molecule has 1 heterocycles. The van der Waals surface area contributed by atoms with E-state index in [-0.39, 0.29) is 5.91 Å². The number of nitrogens with two attached hydrogens (primary N) is 1. The quantitative estimate of drug-likeness (QED) is 0.778. The molecular formula is C12H14Br2N2O2. The topological polar surface area (TPSA) is 66.6 Å². The zero-order valence-electron chi connectivity index (χ0n) is 9.70. The predicted octanol–water partition coefficient (Wildman–Crippen LogP) is 2.45. The van der Waals surface area contributed by atoms with Crippen molar-refractivity contribution in [3.63, 3.8) is 0 Å². The first-order chi connectivity index (χ1) is 8.50. The molecule has 0 aliphatic carbocycles. The first-order valence-electron chi connectivity index (χ1n) is 5.72. The van der Waals surface area contributed by atoms with Crippen molar-refractivity contribution < 1.29 is 9.90 Å². The van der Waals surface area contributed by atoms with Gasteiger partial charge in [0.25, 0.3) is 5.91 Å². The maximum Gasteiger partial charge on any atom is 0.256 e. The van der Waals surface area contributed by atoms with Gasteiger partial charge in [-0.25, -0.2) is 0 Å². The molecule has 1 aliphatic rings. The number of hydrogen-bond acceptors (Lipinski definition) is 3. The van der Waals surface area contributed by atoms with Crippen LogP contribution in [-0.2, 0) is 4.79 Å². The number of aliphatic hydroxyl groups excluding tert-OH is 1. The Bertz CT molecular complexity index is 450. The number of hydrogen-bond donors (Lipinski definition) is 2. The normalized spacial score (nSPS) is 16.9. The maximum atomic E-state index is 12.1. The minimum atomic E-state index is -1.13. The van der Waals surface area contributed by atoms with Crippen molar-refractivity contribution in [2.75, 3.05) is 18.8 Å². The highest BCUT2D eigenvalue weighted by Crippen LogP contribution is 2.32. The highest BCUT2D eigenvalue weighted by atomic mass is 79.9. The summed E-state index contributed by atoms with van der Waals surface area (Å²) in [6, 6.07) is 3.36. The molecule has 0 radical (unpaired) electrons. The summed E-state index contributed by atoms with van der Waals surface area (Å²) in [7, 11) is 0. The zero-order valence-corrected chi connectivity index (χ0v) is 12.9. The molecular weight excluding hydrogens is 364 g/mol. The van der Waals surface area contributed by atoms with Gasteiger partial charge in [-0.05, 0) is 62.4 Å². The summed E-state index contributed by atoms with van der Waals surface area (Å²) in [4.78, 5) is 13.8. The van der Waals surface area contributed by atoms with Crippen LogP contribution in [0.5, 0.6) is 0 Å². The van der Waals surface area contributed by atoms with Crippen molar-refractivity contribution >= 4 is 43.5 Å². The second-order valence-electron chi connectivity index (χ2n) is 4.33. The molecule has 1 saturated heterocycles. The lowest BCUT2D eigenvalue weighted by atomic mass is 10.1. The molecule has 6 heteroatoms. The number of rotatable bonds is 2. The van der Waals surface area contributed by atoms with E-state index in [2.05, 4.69) is 31.9 Å². The summed E-state index contributed by atoms with van der Waals surface area (Å²) in [5, 5.41) is 10.1. The molecule has 2 rings (SSSR count). The largest absolute Gasteiger partial charge is 0.397 e. The lowest BCUT2D eigenvalue weighted by Gasteiger charge is -2.20. The fraction of sp³-hybridized carbons (Fsp3) is 0.417. The molecule has 0 aromatic heterocycles. The molecule has 98 valence electrons. The van der Waals surface area contributed by atoms with E-state index in [4.69, 9.17) is 5.73 Å². The van der Waals surface area contributed by atoms with Gasteiger partial charge in [0.05, 0.1) is 5.69 Å². The van der Waals surface area contributed by atoms with Crippen molar-refractivity contribution in [2.45, 2.75) is 18.9 Å². The first kappa shape index (κ1) is 13.8. The van der Waals surface area contributed by atoms with Gasteiger partial charge in [0.1, 0.15) is 0 Å². The third kappa shape index (κ3) is 2.70. The molecule has 1 amide bonds. The van der Waals surface area contributed by atoms with Crippen LogP contribution in [0.4, 0.5) is 5.69 Å². The summed E-state index contributed by atoms with van der Waals surface area (Å²) in [6.45, 7) is 1.46. The molecule has 0 spiro atoms. The van der Waals surface area contributed by atoms with Gasteiger partial charge in [-0.2, -0.15) is 0 Å². The first-order valence-corrected chi connectivity index (χ1v) is 7.30. The highest BCUT2D eigenvalue weighted by Gasteiger charge is 2.26. The van der Waals surface area contributed by atoms with Gasteiger partial charge in [-0.1, -0.05) is 0 Å². The van der Waals surface area contributed by atoms with Crippen molar-refractivity contribution in [3.8, 4) is 0 Å². The Morgan fingerprint density at radius 1 is 1.28 bits per heavy atom. The fourth-order valence-electron chi connectivity index (χ4n) is 2.01. The van der Waals surface area contributed by atoms with E-state index in [1.54, 1.807) is 17.0 Å². The summed E-state index contributed by atoms with van der Waals surface area (Å²) in [5.74, 6) is -0.240. The molecule has 1 unspecified atom stereocenters. The second kappa shape index (κ2) is 5.59. The van der Waals surface area contributed by atoms with E-state index in [9.17, 15) is 9.90 Å². The summed E-state index contributed by atoms with van der Waals surface area (Å²) in [6.07, 6.45) is 0.887. The molecule has 0 saturated carbocycles. The van der Waals surface area contributed by atoms with E-state index in [0.29, 0.717) is 20.2 Å². The standard InChI is InChI=1S/C12H14Br2N2O2/c13-8-5-7(6-9(14)10(8)15)11(17)12(18)16-3-1-2-4-16/h5-6,11,17H,1-4,15H2. The molecule has 1 fully saturated rings. The summed E-state index contributed by atoms with van der Waals surface area (Å²) < 4.78 is 1.33. The Labute approximate surface area is 122 Å². The number of amides is 1. The third-order valence-corrected chi connectivity index (χ3v) is 4.38. The van der Waals surface area contributed by atoms with E-state index >= 15 is 0 Å². The van der Waals surface area contributed by atoms with Crippen LogP contribution in [0.25, 0.3) is 0 Å². The Hall–Kier alpha value is -0.590. The van der Waals surface area contributed by atoms with Gasteiger partial charge in [-0.3, -0.25) is 4.79 Å². The minimum absolute atomic E-state index is 0.240. The average Bonchev–Trinajstić information content (AvgIpc) is 2.87. The van der Waals surface area contributed by atoms with Crippen LogP contribution in [0.2, 0.25) is 0 Å². The zero-order chi connectivity index (χ0) is 13.3. The molecule has 3 N–H and O–H groups in total. The average molecular weight is 378 g/mol. The summed E-state index contributed by atoms with van der Waals surface area (Å²) >= 11 is 6.61. The molecule has 4 nitrogen and oxygen atoms in total. The molecule has 0 bridgehead atoms. The number of aliphatic hydroxyl groups is 1. The van der Waals surface area contributed by atoms with Crippen LogP contribution >= 0.6 is 31.9 Å². The lowest BCUT2D eigenvalue weighted by molar-refractivity contribution is -0.139. The predicted molar refractivity (Wildman–Crippen MR) is 77.0 cm³/mol. The number of halogens is 2. The Kier molecular flexibility index (Phi) is 4.29. The Balaban J connectivity index is 2.22. The van der Waals surface area contributed by atoms with Crippen molar-refractivity contribution in [1.82, 2.24) is 4.90 Å². The van der Waals surface area contributed by atoms with Crippen LogP contribution < -0.4 is 5.73 Å². The molecule has 1 aromatic rings. The molecule has 1 aliphatic heterocycles. The maximum absolute atomic E-state index is 12.1. The number of carbonyl (C=O) groups excluding carboxylic acids is 1. The number of likely N-dealkylation sites (tertiary alicyclic amines) is 1. The second-order valence-corrected chi connectivity index (χ2v) is 6.04. The van der Waals surface area contributed by atoms with Gasteiger partial charge in [0.2, 0.25) is 0 Å². The van der Waals surface area contributed by atoms with Gasteiger partial charge in [0, 0.05) is 22.0 Å². The number of nitrogen functional groups attached to an aromatic ring is 1. The van der Waals surface area contributed by atoms with Crippen molar-refractivity contribution in [2.24, 2.45) is 0 Å². The van der Waals surface area contributed by atoms with Crippen LogP contribution in [-0.4, -0.2) is 29.0 Å². The smallest absolute Gasteiger partial charge is 0.256 e. The van der Waals surface area contributed by atoms with Crippen LogP contribution in [0.15, 0.2) is 21.1 Å². The monoisotopic (exact) mass is 376 g/mol. The third-order valence-electron chi connectivity index (χ3n) is 3.07. The fourth-order valence-corrected chi connectivity index (χ4v) is 3.24. The number of nitrogens with zero attached hydrogens (tertiary/aromatic N) is 1. The van der Waals surface area contributed by atoms with Crippen molar-refractivity contribution in [1.29, 1.82) is 0 Å². The van der Waals surface area contributed by atoms with E-state index in [0.717, 1.165) is 25.9 Å². The van der Waals surface area contributed by atoms with Gasteiger partial charge >= 0.3 is 0 Å². The highest BCUT2D eigenvalue weighted by molar-refractivity contribution is 9.11. The lowest BCUT2D eigenvalue weighted by Crippen LogP contribution is -2.32. The number of benzene rings is 1. The van der Waals surface area contributed by atoms with Gasteiger partial charge in [-0.15, -0.1) is 0 Å². The van der Waals surface area contributed by atoms with E-state index < -0.39 is 6.10 Å². The molecule has 1 aromatic carbocycles. The van der Waals surface area contributed by atoms with Crippen LogP contribution in [0, 0.1) is 0 Å². The van der Waals surface area contributed by atoms with E-state index in [1.807, 2.05) is 0 Å². The number of carbonyl (C=O) groups is 1. The molecule has 18 heavy (non-hydrogen) atoms. The minimum Gasteiger partial charge on any atom is -0.397 e. The van der Waals surface area contributed by atoms with Crippen molar-refractivity contribution in [3.05, 3.63) is 26.6 Å². The number of anilines is 1. The van der Waals surface area contributed by atoms with Crippen LogP contribution in [0.1, 0.15) is 24.5 Å².